The van der Waals surface area contributed by atoms with Crippen LogP contribution in [0.15, 0.2) is 53.7 Å². The van der Waals surface area contributed by atoms with Gasteiger partial charge in [0.25, 0.3) is 5.91 Å². The monoisotopic (exact) mass is 400 g/mol. The van der Waals surface area contributed by atoms with Crippen LogP contribution in [-0.4, -0.2) is 27.0 Å². The van der Waals surface area contributed by atoms with Gasteiger partial charge >= 0.3 is 0 Å². The van der Waals surface area contributed by atoms with Gasteiger partial charge in [0.05, 0.1) is 22.8 Å². The molecule has 138 valence electrons. The second kappa shape index (κ2) is 7.54. The first-order valence-electron chi connectivity index (χ1n) is 8.50. The van der Waals surface area contributed by atoms with Crippen molar-refractivity contribution in [2.75, 3.05) is 11.4 Å². The largest absolute Gasteiger partial charge is 0.459 e. The van der Waals surface area contributed by atoms with E-state index in [1.54, 1.807) is 29.6 Å². The number of carbonyl (C=O) groups is 1. The van der Waals surface area contributed by atoms with Crippen LogP contribution in [0, 0.1) is 6.92 Å². The van der Waals surface area contributed by atoms with Gasteiger partial charge in [0.2, 0.25) is 0 Å². The molecule has 0 N–H and O–H groups in total. The molecule has 0 fully saturated rings. The summed E-state index contributed by atoms with van der Waals surface area (Å²) in [6.07, 6.45) is 7.67. The summed E-state index contributed by atoms with van der Waals surface area (Å²) in [7, 11) is 0. The number of hydrogen-bond acceptors (Lipinski definition) is 5. The van der Waals surface area contributed by atoms with Crippen molar-refractivity contribution >= 4 is 44.2 Å². The van der Waals surface area contributed by atoms with Crippen molar-refractivity contribution in [3.63, 3.8) is 0 Å². The minimum atomic E-state index is -0.201. The smallest absolute Gasteiger partial charge is 0.295 e. The maximum absolute atomic E-state index is 13.0. The number of nitrogens with zero attached hydrogens (tertiary/aromatic N) is 4. The van der Waals surface area contributed by atoms with Gasteiger partial charge in [0, 0.05) is 30.5 Å². The molecule has 3 heterocycles. The predicted molar refractivity (Wildman–Crippen MR) is 107 cm³/mol. The first-order valence-corrected chi connectivity index (χ1v) is 9.69. The molecule has 0 unspecified atom stereocenters. The van der Waals surface area contributed by atoms with Gasteiger partial charge in [0.1, 0.15) is 0 Å². The van der Waals surface area contributed by atoms with Crippen LogP contribution < -0.4 is 4.90 Å². The number of furan rings is 1. The molecule has 8 heteroatoms. The highest BCUT2D eigenvalue weighted by Crippen LogP contribution is 2.34. The first kappa shape index (κ1) is 17.8. The van der Waals surface area contributed by atoms with E-state index in [9.17, 15) is 4.79 Å². The van der Waals surface area contributed by atoms with E-state index in [4.69, 9.17) is 21.0 Å². The van der Waals surface area contributed by atoms with Crippen molar-refractivity contribution < 1.29 is 9.21 Å². The van der Waals surface area contributed by atoms with Crippen LogP contribution in [0.5, 0.6) is 0 Å². The average Bonchev–Trinajstić information content (AvgIpc) is 3.42. The lowest BCUT2D eigenvalue weighted by atomic mass is 10.2. The summed E-state index contributed by atoms with van der Waals surface area (Å²) in [5.74, 6) is 0.0973. The fourth-order valence-corrected chi connectivity index (χ4v) is 4.05. The quantitative estimate of drug-likeness (QED) is 0.467. The van der Waals surface area contributed by atoms with E-state index in [2.05, 4.69) is 4.98 Å². The normalized spacial score (nSPS) is 11.2. The molecule has 0 spiro atoms. The summed E-state index contributed by atoms with van der Waals surface area (Å²) in [6.45, 7) is 3.22. The topological polar surface area (TPSA) is 64.2 Å². The van der Waals surface area contributed by atoms with Crippen LogP contribution in [0.2, 0.25) is 5.02 Å². The summed E-state index contributed by atoms with van der Waals surface area (Å²) < 4.78 is 8.30. The van der Waals surface area contributed by atoms with Crippen LogP contribution in [-0.2, 0) is 6.54 Å². The van der Waals surface area contributed by atoms with Crippen molar-refractivity contribution in [1.29, 1.82) is 0 Å². The Morgan fingerprint density at radius 2 is 2.26 bits per heavy atom. The number of imidazole rings is 1. The van der Waals surface area contributed by atoms with Crippen molar-refractivity contribution in [2.24, 2.45) is 0 Å². The molecule has 6 nitrogen and oxygen atoms in total. The summed E-state index contributed by atoms with van der Waals surface area (Å²) in [5.41, 5.74) is 1.75. The fourth-order valence-electron chi connectivity index (χ4n) is 2.85. The Balaban J connectivity index is 1.64. The Morgan fingerprint density at radius 1 is 1.37 bits per heavy atom. The SMILES string of the molecule is Cc1c(Cl)ccc2sc(N(CCCn3ccnc3)C(=O)c3ccco3)nc12. The Kier molecular flexibility index (Phi) is 4.96. The predicted octanol–water partition coefficient (Wildman–Crippen LogP) is 4.78. The molecule has 27 heavy (non-hydrogen) atoms. The van der Waals surface area contributed by atoms with Gasteiger partial charge < -0.3 is 8.98 Å². The number of fused-ring (bicyclic) bond motifs is 1. The molecule has 0 radical (unpaired) electrons. The zero-order valence-electron chi connectivity index (χ0n) is 14.6. The van der Waals surface area contributed by atoms with E-state index >= 15 is 0 Å². The Hall–Kier alpha value is -2.64. The fraction of sp³-hybridized carbons (Fsp3) is 0.211. The van der Waals surface area contributed by atoms with E-state index < -0.39 is 0 Å². The van der Waals surface area contributed by atoms with E-state index in [-0.39, 0.29) is 5.91 Å². The third kappa shape index (κ3) is 3.61. The molecule has 0 aliphatic rings. The number of hydrogen-bond donors (Lipinski definition) is 0. The number of rotatable bonds is 6. The molecule has 0 saturated carbocycles. The number of anilines is 1. The van der Waals surface area contributed by atoms with Crippen molar-refractivity contribution in [1.82, 2.24) is 14.5 Å². The van der Waals surface area contributed by atoms with Crippen LogP contribution in [0.4, 0.5) is 5.13 Å². The lowest BCUT2D eigenvalue weighted by Crippen LogP contribution is -2.32. The van der Waals surface area contributed by atoms with Crippen LogP contribution in [0.3, 0.4) is 0 Å². The highest BCUT2D eigenvalue weighted by Gasteiger charge is 2.23. The molecule has 0 aliphatic heterocycles. The number of aromatic nitrogens is 3. The molecule has 0 atom stereocenters. The number of halogens is 1. The minimum Gasteiger partial charge on any atom is -0.459 e. The summed E-state index contributed by atoms with van der Waals surface area (Å²) in [4.78, 5) is 23.4. The summed E-state index contributed by atoms with van der Waals surface area (Å²) in [5, 5.41) is 1.31. The second-order valence-corrected chi connectivity index (χ2v) is 7.52. The van der Waals surface area contributed by atoms with E-state index in [0.29, 0.717) is 22.5 Å². The van der Waals surface area contributed by atoms with Gasteiger partial charge in [-0.1, -0.05) is 22.9 Å². The number of benzene rings is 1. The molecule has 1 aromatic carbocycles. The minimum absolute atomic E-state index is 0.201. The molecule has 0 aliphatic carbocycles. The molecular weight excluding hydrogens is 384 g/mol. The van der Waals surface area contributed by atoms with Crippen molar-refractivity contribution in [3.05, 3.63) is 65.6 Å². The van der Waals surface area contributed by atoms with Gasteiger partial charge in [-0.05, 0) is 43.2 Å². The molecule has 4 aromatic rings. The van der Waals surface area contributed by atoms with E-state index in [1.165, 1.54) is 17.6 Å². The molecule has 4 rings (SSSR count). The second-order valence-electron chi connectivity index (χ2n) is 6.10. The van der Waals surface area contributed by atoms with Crippen molar-refractivity contribution in [2.45, 2.75) is 19.9 Å². The third-order valence-electron chi connectivity index (χ3n) is 4.30. The Labute approximate surface area is 165 Å². The molecular formula is C19H17ClN4O2S. The van der Waals surface area contributed by atoms with Gasteiger partial charge in [-0.15, -0.1) is 0 Å². The number of thiazole rings is 1. The van der Waals surface area contributed by atoms with Crippen LogP contribution >= 0.6 is 22.9 Å². The number of carbonyl (C=O) groups excluding carboxylic acids is 1. The molecule has 3 aromatic heterocycles. The van der Waals surface area contributed by atoms with E-state index in [0.717, 1.165) is 28.7 Å². The highest BCUT2D eigenvalue weighted by atomic mass is 35.5. The molecule has 1 amide bonds. The van der Waals surface area contributed by atoms with Crippen molar-refractivity contribution in [3.8, 4) is 0 Å². The van der Waals surface area contributed by atoms with Gasteiger partial charge in [-0.25, -0.2) is 9.97 Å². The number of amides is 1. The Morgan fingerprint density at radius 3 is 3.00 bits per heavy atom. The van der Waals surface area contributed by atoms with Gasteiger partial charge in [-0.2, -0.15) is 0 Å². The number of aryl methyl sites for hydroxylation is 2. The average molecular weight is 401 g/mol. The maximum atomic E-state index is 13.0. The standard InChI is InChI=1S/C19H17ClN4O2S/c1-13-14(20)5-6-16-17(13)22-19(27-16)24(18(25)15-4-2-11-26-15)9-3-8-23-10-7-21-12-23/h2,4-7,10-12H,3,8-9H2,1H3. The van der Waals surface area contributed by atoms with Crippen LogP contribution in [0.1, 0.15) is 22.5 Å². The van der Waals surface area contributed by atoms with Gasteiger partial charge in [0.15, 0.2) is 10.9 Å². The zero-order chi connectivity index (χ0) is 18.8. The Bertz CT molecular complexity index is 1060. The summed E-state index contributed by atoms with van der Waals surface area (Å²) in [6, 6.07) is 7.17. The molecule has 0 bridgehead atoms. The third-order valence-corrected chi connectivity index (χ3v) is 5.75. The van der Waals surface area contributed by atoms with E-state index in [1.807, 2.05) is 29.8 Å². The van der Waals surface area contributed by atoms with Crippen LogP contribution in [0.25, 0.3) is 10.2 Å². The lowest BCUT2D eigenvalue weighted by Gasteiger charge is -2.18. The maximum Gasteiger partial charge on any atom is 0.295 e. The highest BCUT2D eigenvalue weighted by molar-refractivity contribution is 7.22. The lowest BCUT2D eigenvalue weighted by molar-refractivity contribution is 0.0959. The summed E-state index contributed by atoms with van der Waals surface area (Å²) >= 11 is 7.70. The first-order chi connectivity index (χ1) is 13.1. The van der Waals surface area contributed by atoms with Gasteiger partial charge in [-0.3, -0.25) is 9.69 Å². The molecule has 0 saturated heterocycles. The zero-order valence-corrected chi connectivity index (χ0v) is 16.2.